The first kappa shape index (κ1) is 17.7. The summed E-state index contributed by atoms with van der Waals surface area (Å²) < 4.78 is 0. The lowest BCUT2D eigenvalue weighted by molar-refractivity contribution is -0.140. The molecule has 1 atom stereocenters. The van der Waals surface area contributed by atoms with Gasteiger partial charge >= 0.3 is 0 Å². The highest BCUT2D eigenvalue weighted by Crippen LogP contribution is 2.42. The standard InChI is InChI=1S/C20H31N5O/c1-2-9-21-19-22-11-16(12-23-19)13-24-10-3-7-20(14-24)8-6-18(26)25(15-20)17-4-5-17/h11-12,17H,2-10,13-15H2,1H3,(H,21,22,23)/t20-/m1/s1. The first-order valence-electron chi connectivity index (χ1n) is 10.2. The summed E-state index contributed by atoms with van der Waals surface area (Å²) in [7, 11) is 0. The molecular formula is C20H31N5O. The number of nitrogens with zero attached hydrogens (tertiary/aromatic N) is 4. The Morgan fingerprint density at radius 2 is 2.04 bits per heavy atom. The second-order valence-electron chi connectivity index (χ2n) is 8.41. The third kappa shape index (κ3) is 4.00. The van der Waals surface area contributed by atoms with Crippen LogP contribution in [-0.2, 0) is 11.3 Å². The largest absolute Gasteiger partial charge is 0.354 e. The van der Waals surface area contributed by atoms with Gasteiger partial charge in [0.05, 0.1) is 0 Å². The maximum Gasteiger partial charge on any atom is 0.222 e. The summed E-state index contributed by atoms with van der Waals surface area (Å²) in [6, 6.07) is 0.548. The van der Waals surface area contributed by atoms with Crippen LogP contribution in [0.25, 0.3) is 0 Å². The first-order valence-corrected chi connectivity index (χ1v) is 10.2. The number of nitrogens with one attached hydrogen (secondary N) is 1. The molecule has 1 amide bonds. The maximum atomic E-state index is 12.3. The number of hydrogen-bond acceptors (Lipinski definition) is 5. The van der Waals surface area contributed by atoms with Crippen LogP contribution in [0.1, 0.15) is 57.4 Å². The number of carbonyl (C=O) groups excluding carboxylic acids is 1. The number of anilines is 1. The van der Waals surface area contributed by atoms with Crippen molar-refractivity contribution < 1.29 is 4.79 Å². The highest BCUT2D eigenvalue weighted by molar-refractivity contribution is 5.78. The van der Waals surface area contributed by atoms with Gasteiger partial charge in [0.2, 0.25) is 11.9 Å². The van der Waals surface area contributed by atoms with Crippen LogP contribution in [-0.4, -0.2) is 57.9 Å². The Morgan fingerprint density at radius 3 is 2.77 bits per heavy atom. The second-order valence-corrected chi connectivity index (χ2v) is 8.41. The second kappa shape index (κ2) is 7.51. The molecule has 0 bridgehead atoms. The van der Waals surface area contributed by atoms with Gasteiger partial charge in [0, 0.05) is 62.0 Å². The molecule has 3 fully saturated rings. The SMILES string of the molecule is CCCNc1ncc(CN2CCC[C@@]3(CCC(=O)N(C4CC4)C3)C2)cn1. The summed E-state index contributed by atoms with van der Waals surface area (Å²) in [4.78, 5) is 25.9. The third-order valence-corrected chi connectivity index (χ3v) is 6.07. The molecule has 26 heavy (non-hydrogen) atoms. The normalized spacial score (nSPS) is 27.1. The third-order valence-electron chi connectivity index (χ3n) is 6.07. The lowest BCUT2D eigenvalue weighted by Gasteiger charge is -2.48. The molecule has 2 aliphatic heterocycles. The Balaban J connectivity index is 1.36. The molecule has 0 unspecified atom stereocenters. The molecule has 1 aromatic heterocycles. The van der Waals surface area contributed by atoms with Gasteiger partial charge in [-0.15, -0.1) is 0 Å². The number of carbonyl (C=O) groups is 1. The van der Waals surface area contributed by atoms with Crippen LogP contribution in [0.5, 0.6) is 0 Å². The van der Waals surface area contributed by atoms with Crippen molar-refractivity contribution in [3.05, 3.63) is 18.0 Å². The van der Waals surface area contributed by atoms with E-state index in [2.05, 4.69) is 32.0 Å². The van der Waals surface area contributed by atoms with Crippen LogP contribution >= 0.6 is 0 Å². The summed E-state index contributed by atoms with van der Waals surface area (Å²) >= 11 is 0. The van der Waals surface area contributed by atoms with Gasteiger partial charge < -0.3 is 10.2 Å². The minimum absolute atomic E-state index is 0.304. The molecule has 1 spiro atoms. The van der Waals surface area contributed by atoms with Gasteiger partial charge in [-0.3, -0.25) is 9.69 Å². The number of aromatic nitrogens is 2. The lowest BCUT2D eigenvalue weighted by atomic mass is 9.73. The van der Waals surface area contributed by atoms with Crippen molar-refractivity contribution in [1.29, 1.82) is 0 Å². The van der Waals surface area contributed by atoms with E-state index in [0.717, 1.165) is 57.9 Å². The quantitative estimate of drug-likeness (QED) is 0.848. The van der Waals surface area contributed by atoms with E-state index in [0.29, 0.717) is 17.4 Å². The molecular weight excluding hydrogens is 326 g/mol. The molecule has 1 aliphatic carbocycles. The predicted octanol–water partition coefficient (Wildman–Crippen LogP) is 2.67. The summed E-state index contributed by atoms with van der Waals surface area (Å²) in [5.41, 5.74) is 1.48. The number of rotatable bonds is 6. The van der Waals surface area contributed by atoms with Crippen LogP contribution in [0, 0.1) is 5.41 Å². The molecule has 1 saturated carbocycles. The monoisotopic (exact) mass is 357 g/mol. The smallest absolute Gasteiger partial charge is 0.222 e. The molecule has 2 saturated heterocycles. The van der Waals surface area contributed by atoms with Crippen LogP contribution in [0.15, 0.2) is 12.4 Å². The summed E-state index contributed by atoms with van der Waals surface area (Å²) in [6.45, 7) is 7.16. The number of piperidine rings is 2. The summed E-state index contributed by atoms with van der Waals surface area (Å²) in [5, 5.41) is 3.22. The highest BCUT2D eigenvalue weighted by Gasteiger charge is 2.45. The maximum absolute atomic E-state index is 12.3. The number of amides is 1. The topological polar surface area (TPSA) is 61.4 Å². The summed E-state index contributed by atoms with van der Waals surface area (Å²) in [6.07, 6.45) is 11.7. The molecule has 0 radical (unpaired) electrons. The predicted molar refractivity (Wildman–Crippen MR) is 102 cm³/mol. The Kier molecular flexibility index (Phi) is 5.11. The highest BCUT2D eigenvalue weighted by atomic mass is 16.2. The van der Waals surface area contributed by atoms with E-state index in [-0.39, 0.29) is 0 Å². The number of hydrogen-bond donors (Lipinski definition) is 1. The van der Waals surface area contributed by atoms with Crippen LogP contribution < -0.4 is 5.32 Å². The van der Waals surface area contributed by atoms with Crippen LogP contribution in [0.4, 0.5) is 5.95 Å². The Morgan fingerprint density at radius 1 is 1.23 bits per heavy atom. The fourth-order valence-electron chi connectivity index (χ4n) is 4.56. The van der Waals surface area contributed by atoms with Gasteiger partial charge in [0.25, 0.3) is 0 Å². The fourth-order valence-corrected chi connectivity index (χ4v) is 4.56. The van der Waals surface area contributed by atoms with Crippen LogP contribution in [0.2, 0.25) is 0 Å². The van der Waals surface area contributed by atoms with Crippen LogP contribution in [0.3, 0.4) is 0 Å². The first-order chi connectivity index (χ1) is 12.7. The van der Waals surface area contributed by atoms with Crippen molar-refractivity contribution in [3.8, 4) is 0 Å². The van der Waals surface area contributed by atoms with E-state index in [1.165, 1.54) is 31.2 Å². The van der Waals surface area contributed by atoms with E-state index in [4.69, 9.17) is 0 Å². The molecule has 3 heterocycles. The van der Waals surface area contributed by atoms with Gasteiger partial charge in [-0.2, -0.15) is 0 Å². The summed E-state index contributed by atoms with van der Waals surface area (Å²) in [5.74, 6) is 1.11. The van der Waals surface area contributed by atoms with Gasteiger partial charge in [-0.1, -0.05) is 6.92 Å². The van der Waals surface area contributed by atoms with Gasteiger partial charge in [0.1, 0.15) is 0 Å². The Hall–Kier alpha value is -1.69. The molecule has 1 N–H and O–H groups in total. The molecule has 4 rings (SSSR count). The number of likely N-dealkylation sites (tertiary alicyclic amines) is 2. The molecule has 1 aromatic rings. The van der Waals surface area contributed by atoms with Crippen molar-refractivity contribution in [1.82, 2.24) is 19.8 Å². The van der Waals surface area contributed by atoms with E-state index < -0.39 is 0 Å². The van der Waals surface area contributed by atoms with Gasteiger partial charge in [0.15, 0.2) is 0 Å². The molecule has 142 valence electrons. The van der Waals surface area contributed by atoms with Crippen molar-refractivity contribution >= 4 is 11.9 Å². The zero-order chi connectivity index (χ0) is 18.0. The van der Waals surface area contributed by atoms with E-state index >= 15 is 0 Å². The zero-order valence-corrected chi connectivity index (χ0v) is 15.9. The molecule has 3 aliphatic rings. The lowest BCUT2D eigenvalue weighted by Crippen LogP contribution is -2.54. The zero-order valence-electron chi connectivity index (χ0n) is 15.9. The Bertz CT molecular complexity index is 630. The van der Waals surface area contributed by atoms with E-state index in [9.17, 15) is 4.79 Å². The van der Waals surface area contributed by atoms with Crippen molar-refractivity contribution in [3.63, 3.8) is 0 Å². The molecule has 0 aromatic carbocycles. The van der Waals surface area contributed by atoms with E-state index in [1.807, 2.05) is 12.4 Å². The molecule has 6 heteroatoms. The minimum Gasteiger partial charge on any atom is -0.354 e. The minimum atomic E-state index is 0.304. The van der Waals surface area contributed by atoms with Crippen molar-refractivity contribution in [2.24, 2.45) is 5.41 Å². The fraction of sp³-hybridized carbons (Fsp3) is 0.750. The van der Waals surface area contributed by atoms with Crippen molar-refractivity contribution in [2.75, 3.05) is 31.5 Å². The average molecular weight is 358 g/mol. The average Bonchev–Trinajstić information content (AvgIpc) is 3.49. The Labute approximate surface area is 156 Å². The van der Waals surface area contributed by atoms with Gasteiger partial charge in [-0.25, -0.2) is 9.97 Å². The van der Waals surface area contributed by atoms with Gasteiger partial charge in [-0.05, 0) is 45.1 Å². The van der Waals surface area contributed by atoms with Crippen molar-refractivity contribution in [2.45, 2.75) is 64.5 Å². The molecule has 6 nitrogen and oxygen atoms in total. The van der Waals surface area contributed by atoms with E-state index in [1.54, 1.807) is 0 Å².